The zero-order chi connectivity index (χ0) is 20.1. The van der Waals surface area contributed by atoms with Crippen molar-refractivity contribution in [3.63, 3.8) is 0 Å². The number of carbonyl (C=O) groups is 2. The van der Waals surface area contributed by atoms with E-state index >= 15 is 0 Å². The highest BCUT2D eigenvalue weighted by Gasteiger charge is 2.21. The van der Waals surface area contributed by atoms with Crippen molar-refractivity contribution in [3.05, 3.63) is 60.0 Å². The van der Waals surface area contributed by atoms with Crippen molar-refractivity contribution in [1.82, 2.24) is 14.3 Å². The number of nitrogens with zero attached hydrogens (tertiary/aromatic N) is 3. The van der Waals surface area contributed by atoms with Crippen molar-refractivity contribution >= 4 is 23.1 Å². The summed E-state index contributed by atoms with van der Waals surface area (Å²) in [6.07, 6.45) is 2.45. The van der Waals surface area contributed by atoms with Gasteiger partial charge in [-0.05, 0) is 37.6 Å². The quantitative estimate of drug-likeness (QED) is 0.683. The molecule has 0 aliphatic rings. The number of carbonyl (C=O) groups excluding carboxylic acids is 2. The number of imidazole rings is 1. The summed E-state index contributed by atoms with van der Waals surface area (Å²) in [6, 6.07) is 12.9. The number of benzene rings is 1. The third-order valence-corrected chi connectivity index (χ3v) is 4.41. The molecule has 2 amide bonds. The van der Waals surface area contributed by atoms with Gasteiger partial charge in [0.1, 0.15) is 23.6 Å². The summed E-state index contributed by atoms with van der Waals surface area (Å²) in [4.78, 5) is 31.4. The maximum absolute atomic E-state index is 13.0. The van der Waals surface area contributed by atoms with Crippen LogP contribution in [0.2, 0.25) is 0 Å². The predicted molar refractivity (Wildman–Crippen MR) is 108 cm³/mol. The van der Waals surface area contributed by atoms with Gasteiger partial charge in [-0.3, -0.25) is 9.59 Å². The molecular weight excluding hydrogens is 356 g/mol. The Labute approximate surface area is 163 Å². The number of anilines is 1. The Bertz CT molecular complexity index is 996. The largest absolute Gasteiger partial charge is 0.495 e. The summed E-state index contributed by atoms with van der Waals surface area (Å²) in [6.45, 7) is 4.32. The van der Waals surface area contributed by atoms with E-state index in [0.717, 1.165) is 12.1 Å². The fraction of sp³-hybridized carbons (Fsp3) is 0.286. The number of aromatic nitrogens is 2. The molecule has 146 valence electrons. The third-order valence-electron chi connectivity index (χ3n) is 4.41. The van der Waals surface area contributed by atoms with E-state index < -0.39 is 0 Å². The maximum atomic E-state index is 13.0. The fourth-order valence-corrected chi connectivity index (χ4v) is 3.05. The molecule has 0 unspecified atom stereocenters. The molecule has 0 atom stereocenters. The van der Waals surface area contributed by atoms with Crippen molar-refractivity contribution in [2.24, 2.45) is 0 Å². The molecule has 3 rings (SSSR count). The zero-order valence-corrected chi connectivity index (χ0v) is 16.3. The minimum absolute atomic E-state index is 0.0580. The lowest BCUT2D eigenvalue weighted by atomic mass is 10.3. The molecule has 0 radical (unpaired) electrons. The van der Waals surface area contributed by atoms with Crippen LogP contribution >= 0.6 is 0 Å². The van der Waals surface area contributed by atoms with E-state index in [0.29, 0.717) is 29.3 Å². The van der Waals surface area contributed by atoms with Gasteiger partial charge in [0.05, 0.1) is 12.8 Å². The molecule has 0 bridgehead atoms. The van der Waals surface area contributed by atoms with Gasteiger partial charge in [-0.1, -0.05) is 25.1 Å². The van der Waals surface area contributed by atoms with Crippen LogP contribution in [-0.2, 0) is 4.79 Å². The number of amides is 2. The molecule has 0 fully saturated rings. The van der Waals surface area contributed by atoms with Crippen molar-refractivity contribution in [3.8, 4) is 5.75 Å². The van der Waals surface area contributed by atoms with Crippen LogP contribution in [-0.4, -0.2) is 46.3 Å². The van der Waals surface area contributed by atoms with Crippen LogP contribution in [0.25, 0.3) is 5.65 Å². The fourth-order valence-electron chi connectivity index (χ4n) is 3.05. The Hall–Kier alpha value is -3.35. The molecule has 0 aliphatic carbocycles. The lowest BCUT2D eigenvalue weighted by Crippen LogP contribution is -2.38. The van der Waals surface area contributed by atoms with Gasteiger partial charge in [0.2, 0.25) is 5.91 Å². The second-order valence-corrected chi connectivity index (χ2v) is 6.50. The summed E-state index contributed by atoms with van der Waals surface area (Å²) in [5, 5.41) is 2.81. The average molecular weight is 380 g/mol. The highest BCUT2D eigenvalue weighted by molar-refractivity contribution is 5.99. The first-order chi connectivity index (χ1) is 13.5. The number of pyridine rings is 1. The smallest absolute Gasteiger partial charge is 0.274 e. The van der Waals surface area contributed by atoms with E-state index in [-0.39, 0.29) is 18.4 Å². The van der Waals surface area contributed by atoms with Gasteiger partial charge < -0.3 is 19.4 Å². The van der Waals surface area contributed by atoms with Gasteiger partial charge in [0, 0.05) is 18.4 Å². The second-order valence-electron chi connectivity index (χ2n) is 6.50. The zero-order valence-electron chi connectivity index (χ0n) is 16.3. The number of hydrogen-bond acceptors (Lipinski definition) is 4. The molecule has 0 spiro atoms. The van der Waals surface area contributed by atoms with Crippen molar-refractivity contribution in [2.45, 2.75) is 20.3 Å². The SMILES string of the molecule is CCCN(CC(=O)Nc1ccccc1OC)C(=O)c1cn2c(C)cccc2n1. The van der Waals surface area contributed by atoms with Crippen LogP contribution in [0.5, 0.6) is 5.75 Å². The highest BCUT2D eigenvalue weighted by Crippen LogP contribution is 2.23. The molecule has 7 nitrogen and oxygen atoms in total. The van der Waals surface area contributed by atoms with E-state index in [4.69, 9.17) is 4.74 Å². The summed E-state index contributed by atoms with van der Waals surface area (Å²) in [7, 11) is 1.54. The van der Waals surface area contributed by atoms with Crippen molar-refractivity contribution in [2.75, 3.05) is 25.5 Å². The number of methoxy groups -OCH3 is 1. The molecule has 2 heterocycles. The molecule has 28 heavy (non-hydrogen) atoms. The Balaban J connectivity index is 1.77. The van der Waals surface area contributed by atoms with Gasteiger partial charge >= 0.3 is 0 Å². The minimum Gasteiger partial charge on any atom is -0.495 e. The summed E-state index contributed by atoms with van der Waals surface area (Å²) in [5.74, 6) is 0.0198. The number of nitrogens with one attached hydrogen (secondary N) is 1. The monoisotopic (exact) mass is 380 g/mol. The topological polar surface area (TPSA) is 75.9 Å². The number of hydrogen-bond donors (Lipinski definition) is 1. The van der Waals surface area contributed by atoms with E-state index in [2.05, 4.69) is 10.3 Å². The average Bonchev–Trinajstić information content (AvgIpc) is 3.13. The van der Waals surface area contributed by atoms with E-state index in [1.54, 1.807) is 25.4 Å². The number of ether oxygens (including phenoxy) is 1. The Morgan fingerprint density at radius 1 is 1.18 bits per heavy atom. The van der Waals surface area contributed by atoms with Crippen LogP contribution < -0.4 is 10.1 Å². The van der Waals surface area contributed by atoms with Gasteiger partial charge in [-0.25, -0.2) is 4.98 Å². The number of rotatable bonds is 7. The van der Waals surface area contributed by atoms with Crippen molar-refractivity contribution < 1.29 is 14.3 Å². The molecule has 7 heteroatoms. The van der Waals surface area contributed by atoms with Gasteiger partial charge in [0.15, 0.2) is 0 Å². The lowest BCUT2D eigenvalue weighted by Gasteiger charge is -2.21. The Kier molecular flexibility index (Phi) is 5.93. The molecule has 0 aliphatic heterocycles. The summed E-state index contributed by atoms with van der Waals surface area (Å²) >= 11 is 0. The van der Waals surface area contributed by atoms with E-state index in [1.165, 1.54) is 4.90 Å². The standard InChI is InChI=1S/C21H24N4O3/c1-4-12-24(14-20(26)23-16-9-5-6-10-18(16)28-3)21(27)17-13-25-15(2)8-7-11-19(25)22-17/h5-11,13H,4,12,14H2,1-3H3,(H,23,26). The Morgan fingerprint density at radius 2 is 1.96 bits per heavy atom. The summed E-state index contributed by atoms with van der Waals surface area (Å²) < 4.78 is 7.12. The summed E-state index contributed by atoms with van der Waals surface area (Å²) in [5.41, 5.74) is 2.59. The van der Waals surface area contributed by atoms with Crippen LogP contribution in [0.3, 0.4) is 0 Å². The van der Waals surface area contributed by atoms with Gasteiger partial charge in [0.25, 0.3) is 5.91 Å². The van der Waals surface area contributed by atoms with Crippen molar-refractivity contribution in [1.29, 1.82) is 0 Å². The molecular formula is C21H24N4O3. The minimum atomic E-state index is -0.286. The molecule has 1 N–H and O–H groups in total. The molecule has 1 aromatic carbocycles. The lowest BCUT2D eigenvalue weighted by molar-refractivity contribution is -0.116. The molecule has 3 aromatic rings. The molecule has 2 aromatic heterocycles. The van der Waals surface area contributed by atoms with Crippen LogP contribution in [0.4, 0.5) is 5.69 Å². The second kappa shape index (κ2) is 8.56. The first-order valence-electron chi connectivity index (χ1n) is 9.20. The number of aryl methyl sites for hydroxylation is 1. The first-order valence-corrected chi connectivity index (χ1v) is 9.20. The van der Waals surface area contributed by atoms with Crippen LogP contribution in [0.15, 0.2) is 48.7 Å². The first kappa shape index (κ1) is 19.4. The van der Waals surface area contributed by atoms with Gasteiger partial charge in [-0.2, -0.15) is 0 Å². The number of fused-ring (bicyclic) bond motifs is 1. The normalized spacial score (nSPS) is 10.7. The van der Waals surface area contributed by atoms with Gasteiger partial charge in [-0.15, -0.1) is 0 Å². The van der Waals surface area contributed by atoms with Crippen LogP contribution in [0, 0.1) is 6.92 Å². The van der Waals surface area contributed by atoms with Crippen LogP contribution in [0.1, 0.15) is 29.5 Å². The van der Waals surface area contributed by atoms with E-state index in [9.17, 15) is 9.59 Å². The maximum Gasteiger partial charge on any atom is 0.274 e. The highest BCUT2D eigenvalue weighted by atomic mass is 16.5. The Morgan fingerprint density at radius 3 is 2.68 bits per heavy atom. The number of para-hydroxylation sites is 2. The third kappa shape index (κ3) is 4.14. The molecule has 0 saturated heterocycles. The van der Waals surface area contributed by atoms with E-state index in [1.807, 2.05) is 48.6 Å². The predicted octanol–water partition coefficient (Wildman–Crippen LogP) is 3.14. The molecule has 0 saturated carbocycles.